The van der Waals surface area contributed by atoms with Crippen LogP contribution in [-0.4, -0.2) is 56.0 Å². The van der Waals surface area contributed by atoms with Gasteiger partial charge in [0.15, 0.2) is 11.5 Å². The van der Waals surface area contributed by atoms with Crippen molar-refractivity contribution in [1.82, 2.24) is 4.90 Å². The summed E-state index contributed by atoms with van der Waals surface area (Å²) in [5, 5.41) is 12.6. The predicted molar refractivity (Wildman–Crippen MR) is 82.1 cm³/mol. The predicted octanol–water partition coefficient (Wildman–Crippen LogP) is 1.57. The van der Waals surface area contributed by atoms with Gasteiger partial charge in [-0.1, -0.05) is 0 Å². The van der Waals surface area contributed by atoms with Gasteiger partial charge >= 0.3 is 0 Å². The number of methoxy groups -OCH3 is 1. The maximum atomic E-state index is 8.91. The van der Waals surface area contributed by atoms with Crippen LogP contribution in [0.3, 0.4) is 0 Å². The fourth-order valence-corrected chi connectivity index (χ4v) is 3.39. The fraction of sp³-hybridized carbons (Fsp3) is 0.625. The van der Waals surface area contributed by atoms with Gasteiger partial charge in [-0.15, -0.1) is 0 Å². The molecule has 5 nitrogen and oxygen atoms in total. The van der Waals surface area contributed by atoms with Gasteiger partial charge in [0, 0.05) is 30.9 Å². The molecule has 2 aliphatic heterocycles. The highest BCUT2D eigenvalue weighted by Gasteiger charge is 2.34. The Morgan fingerprint density at radius 2 is 2.14 bits per heavy atom. The molecular weight excluding hydrogens is 268 g/mol. The number of benzene rings is 1. The molecule has 5 heteroatoms. The third-order valence-electron chi connectivity index (χ3n) is 4.50. The number of hydrogen-bond acceptors (Lipinski definition) is 5. The Hall–Kier alpha value is -1.46. The second kappa shape index (κ2) is 6.54. The van der Waals surface area contributed by atoms with Crippen LogP contribution in [0.5, 0.6) is 11.5 Å². The lowest BCUT2D eigenvalue weighted by molar-refractivity contribution is 0.196. The number of rotatable bonds is 6. The highest BCUT2D eigenvalue weighted by Crippen LogP contribution is 2.33. The standard InChI is InChI=1S/C16H24N2O3/c1-20-15-3-2-13(10-16(15)21-9-8-19)17-14-5-7-18-6-4-12(14)11-18/h2-3,10,12,14,17,19H,4-9,11H2,1H3. The van der Waals surface area contributed by atoms with Gasteiger partial charge in [-0.2, -0.15) is 0 Å². The Bertz CT molecular complexity index is 481. The van der Waals surface area contributed by atoms with Gasteiger partial charge in [-0.3, -0.25) is 0 Å². The Balaban J connectivity index is 1.69. The molecule has 21 heavy (non-hydrogen) atoms. The number of nitrogens with one attached hydrogen (secondary N) is 1. The molecule has 3 unspecified atom stereocenters. The van der Waals surface area contributed by atoms with Gasteiger partial charge < -0.3 is 24.8 Å². The molecular formula is C16H24N2O3. The normalized spacial score (nSPS) is 27.4. The van der Waals surface area contributed by atoms with Crippen LogP contribution in [0.4, 0.5) is 5.69 Å². The fourth-order valence-electron chi connectivity index (χ4n) is 3.39. The molecule has 2 fully saturated rings. The Labute approximate surface area is 125 Å². The first-order chi connectivity index (χ1) is 10.3. The van der Waals surface area contributed by atoms with Gasteiger partial charge in [0.2, 0.25) is 0 Å². The number of aliphatic hydroxyl groups excluding tert-OH is 1. The van der Waals surface area contributed by atoms with Crippen LogP contribution in [0, 0.1) is 5.92 Å². The van der Waals surface area contributed by atoms with Crippen molar-refractivity contribution in [3.8, 4) is 11.5 Å². The van der Waals surface area contributed by atoms with Crippen molar-refractivity contribution in [3.63, 3.8) is 0 Å². The monoisotopic (exact) mass is 292 g/mol. The number of piperidine rings is 1. The average molecular weight is 292 g/mol. The zero-order chi connectivity index (χ0) is 14.7. The second-order valence-corrected chi connectivity index (χ2v) is 5.83. The van der Waals surface area contributed by atoms with E-state index in [4.69, 9.17) is 14.6 Å². The summed E-state index contributed by atoms with van der Waals surface area (Å²) >= 11 is 0. The molecule has 2 saturated heterocycles. The van der Waals surface area contributed by atoms with Crippen LogP contribution >= 0.6 is 0 Å². The molecule has 0 spiro atoms. The van der Waals surface area contributed by atoms with Gasteiger partial charge in [0.05, 0.1) is 13.7 Å². The van der Waals surface area contributed by atoms with Crippen molar-refractivity contribution in [1.29, 1.82) is 0 Å². The molecule has 3 atom stereocenters. The minimum atomic E-state index is 0.00133. The first-order valence-corrected chi connectivity index (χ1v) is 7.70. The molecule has 116 valence electrons. The summed E-state index contributed by atoms with van der Waals surface area (Å²) in [6.07, 6.45) is 2.49. The van der Waals surface area contributed by atoms with Crippen LogP contribution in [0.1, 0.15) is 12.8 Å². The van der Waals surface area contributed by atoms with E-state index in [9.17, 15) is 0 Å². The van der Waals surface area contributed by atoms with E-state index in [0.717, 1.165) is 11.6 Å². The van der Waals surface area contributed by atoms with Crippen LogP contribution < -0.4 is 14.8 Å². The van der Waals surface area contributed by atoms with E-state index >= 15 is 0 Å². The third kappa shape index (κ3) is 3.24. The maximum Gasteiger partial charge on any atom is 0.163 e. The van der Waals surface area contributed by atoms with Crippen molar-refractivity contribution >= 4 is 5.69 Å². The van der Waals surface area contributed by atoms with E-state index in [0.29, 0.717) is 17.5 Å². The van der Waals surface area contributed by atoms with E-state index in [-0.39, 0.29) is 13.2 Å². The van der Waals surface area contributed by atoms with Crippen LogP contribution in [0.2, 0.25) is 0 Å². The van der Waals surface area contributed by atoms with Gasteiger partial charge in [0.25, 0.3) is 0 Å². The van der Waals surface area contributed by atoms with Gasteiger partial charge in [0.1, 0.15) is 6.61 Å². The maximum absolute atomic E-state index is 8.91. The number of anilines is 1. The van der Waals surface area contributed by atoms with E-state index < -0.39 is 0 Å². The number of fused-ring (bicyclic) bond motifs is 2. The number of hydrogen-bond donors (Lipinski definition) is 2. The lowest BCUT2D eigenvalue weighted by Gasteiger charge is -2.31. The minimum absolute atomic E-state index is 0.00133. The van der Waals surface area contributed by atoms with Crippen molar-refractivity contribution in [2.24, 2.45) is 5.92 Å². The van der Waals surface area contributed by atoms with Crippen molar-refractivity contribution < 1.29 is 14.6 Å². The Morgan fingerprint density at radius 1 is 1.29 bits per heavy atom. The minimum Gasteiger partial charge on any atom is -0.493 e. The third-order valence-corrected chi connectivity index (χ3v) is 4.50. The van der Waals surface area contributed by atoms with Gasteiger partial charge in [-0.25, -0.2) is 0 Å². The molecule has 0 amide bonds. The molecule has 0 aromatic heterocycles. The van der Waals surface area contributed by atoms with E-state index in [1.807, 2.05) is 18.2 Å². The number of ether oxygens (including phenoxy) is 2. The lowest BCUT2D eigenvalue weighted by atomic mass is 9.94. The topological polar surface area (TPSA) is 54.0 Å². The highest BCUT2D eigenvalue weighted by molar-refractivity contribution is 5.55. The second-order valence-electron chi connectivity index (χ2n) is 5.83. The summed E-state index contributed by atoms with van der Waals surface area (Å²) in [4.78, 5) is 2.55. The summed E-state index contributed by atoms with van der Waals surface area (Å²) < 4.78 is 10.8. The molecule has 3 rings (SSSR count). The molecule has 1 aromatic rings. The lowest BCUT2D eigenvalue weighted by Crippen LogP contribution is -2.39. The molecule has 0 aliphatic carbocycles. The Morgan fingerprint density at radius 3 is 2.95 bits per heavy atom. The number of nitrogens with zero attached hydrogens (tertiary/aromatic N) is 1. The first kappa shape index (κ1) is 14.5. The molecule has 2 bridgehead atoms. The summed E-state index contributed by atoms with van der Waals surface area (Å²) in [6.45, 7) is 3.94. The van der Waals surface area contributed by atoms with E-state index in [2.05, 4.69) is 10.2 Å². The number of aliphatic hydroxyl groups is 1. The van der Waals surface area contributed by atoms with Gasteiger partial charge in [-0.05, 0) is 37.4 Å². The average Bonchev–Trinajstić information content (AvgIpc) is 2.91. The Kier molecular flexibility index (Phi) is 4.51. The summed E-state index contributed by atoms with van der Waals surface area (Å²) in [7, 11) is 1.63. The van der Waals surface area contributed by atoms with Crippen molar-refractivity contribution in [2.45, 2.75) is 18.9 Å². The highest BCUT2D eigenvalue weighted by atomic mass is 16.5. The van der Waals surface area contributed by atoms with Crippen molar-refractivity contribution in [2.75, 3.05) is 45.3 Å². The smallest absolute Gasteiger partial charge is 0.163 e. The molecule has 1 aromatic carbocycles. The molecule has 2 N–H and O–H groups in total. The SMILES string of the molecule is COc1ccc(NC2CCN3CCC2C3)cc1OCCO. The molecule has 0 saturated carbocycles. The van der Waals surface area contributed by atoms with E-state index in [1.165, 1.54) is 32.5 Å². The summed E-state index contributed by atoms with van der Waals surface area (Å²) in [6, 6.07) is 6.46. The van der Waals surface area contributed by atoms with Crippen LogP contribution in [0.15, 0.2) is 18.2 Å². The largest absolute Gasteiger partial charge is 0.493 e. The molecule has 0 radical (unpaired) electrons. The van der Waals surface area contributed by atoms with E-state index in [1.54, 1.807) is 7.11 Å². The molecule has 2 aliphatic rings. The quantitative estimate of drug-likeness (QED) is 0.833. The van der Waals surface area contributed by atoms with Crippen molar-refractivity contribution in [3.05, 3.63) is 18.2 Å². The summed E-state index contributed by atoms with van der Waals surface area (Å²) in [5.41, 5.74) is 1.06. The van der Waals surface area contributed by atoms with Crippen LogP contribution in [0.25, 0.3) is 0 Å². The zero-order valence-electron chi connectivity index (χ0n) is 12.5. The van der Waals surface area contributed by atoms with Crippen LogP contribution in [-0.2, 0) is 0 Å². The zero-order valence-corrected chi connectivity index (χ0v) is 12.5. The summed E-state index contributed by atoms with van der Waals surface area (Å²) in [5.74, 6) is 2.13. The first-order valence-electron chi connectivity index (χ1n) is 7.70. The molecule has 2 heterocycles.